The average Bonchev–Trinajstić information content (AvgIpc) is 3.12. The Morgan fingerprint density at radius 1 is 1.25 bits per heavy atom. The SMILES string of the molecule is O=C(NC[C@H]([C@H]1CCOC1)N1CCOCC1)c1cc(C2CC2)on1. The summed E-state index contributed by atoms with van der Waals surface area (Å²) in [6.07, 6.45) is 3.32. The first-order chi connectivity index (χ1) is 11.8. The van der Waals surface area contributed by atoms with Gasteiger partial charge in [0, 0.05) is 50.2 Å². The standard InChI is InChI=1S/C17H25N3O4/c21-17(14-9-16(24-19-14)12-1-2-12)18-10-15(13-3-6-23-11-13)20-4-7-22-8-5-20/h9,12-13,15H,1-8,10-11H2,(H,18,21)/t13-,15+/m0/s1. The van der Waals surface area contributed by atoms with Crippen LogP contribution >= 0.6 is 0 Å². The van der Waals surface area contributed by atoms with Crippen molar-refractivity contribution in [2.75, 3.05) is 46.1 Å². The third kappa shape index (κ3) is 3.63. The Bertz CT molecular complexity index is 560. The van der Waals surface area contributed by atoms with Gasteiger partial charge in [-0.2, -0.15) is 0 Å². The van der Waals surface area contributed by atoms with E-state index in [9.17, 15) is 4.79 Å². The number of hydrogen-bond donors (Lipinski definition) is 1. The van der Waals surface area contributed by atoms with Crippen LogP contribution in [0.1, 0.15) is 41.4 Å². The number of morpholine rings is 1. The number of ether oxygens (including phenoxy) is 2. The number of carbonyl (C=O) groups excluding carboxylic acids is 1. The zero-order valence-electron chi connectivity index (χ0n) is 13.9. The Hall–Kier alpha value is -1.44. The summed E-state index contributed by atoms with van der Waals surface area (Å²) in [5.41, 5.74) is 0.389. The molecule has 7 nitrogen and oxygen atoms in total. The van der Waals surface area contributed by atoms with E-state index >= 15 is 0 Å². The van der Waals surface area contributed by atoms with Crippen LogP contribution < -0.4 is 5.32 Å². The van der Waals surface area contributed by atoms with Crippen LogP contribution in [0.3, 0.4) is 0 Å². The van der Waals surface area contributed by atoms with Crippen LogP contribution in [0, 0.1) is 5.92 Å². The number of aromatic nitrogens is 1. The zero-order chi connectivity index (χ0) is 16.4. The molecule has 2 atom stereocenters. The van der Waals surface area contributed by atoms with Crippen molar-refractivity contribution in [3.05, 3.63) is 17.5 Å². The molecule has 24 heavy (non-hydrogen) atoms. The van der Waals surface area contributed by atoms with Gasteiger partial charge in [-0.3, -0.25) is 9.69 Å². The quantitative estimate of drug-likeness (QED) is 0.836. The third-order valence-corrected chi connectivity index (χ3v) is 5.24. The van der Waals surface area contributed by atoms with E-state index in [1.807, 2.05) is 0 Å². The van der Waals surface area contributed by atoms with Crippen LogP contribution in [0.4, 0.5) is 0 Å². The molecule has 0 unspecified atom stereocenters. The molecular weight excluding hydrogens is 310 g/mol. The Morgan fingerprint density at radius 3 is 2.79 bits per heavy atom. The van der Waals surface area contributed by atoms with E-state index in [2.05, 4.69) is 15.4 Å². The van der Waals surface area contributed by atoms with Crippen LogP contribution in [-0.4, -0.2) is 68.1 Å². The highest BCUT2D eigenvalue weighted by Gasteiger charge is 2.32. The fourth-order valence-corrected chi connectivity index (χ4v) is 3.60. The Labute approximate surface area is 141 Å². The summed E-state index contributed by atoms with van der Waals surface area (Å²) in [6.45, 7) is 5.53. The molecule has 0 bridgehead atoms. The fraction of sp³-hybridized carbons (Fsp3) is 0.765. The van der Waals surface area contributed by atoms with Crippen molar-refractivity contribution in [2.24, 2.45) is 5.92 Å². The van der Waals surface area contributed by atoms with Crippen molar-refractivity contribution in [3.63, 3.8) is 0 Å². The van der Waals surface area contributed by atoms with E-state index in [-0.39, 0.29) is 11.9 Å². The lowest BCUT2D eigenvalue weighted by Crippen LogP contribution is -2.52. The first kappa shape index (κ1) is 16.1. The van der Waals surface area contributed by atoms with E-state index in [1.165, 1.54) is 0 Å². The van der Waals surface area contributed by atoms with E-state index in [0.29, 0.717) is 24.1 Å². The summed E-state index contributed by atoms with van der Waals surface area (Å²) < 4.78 is 16.3. The fourth-order valence-electron chi connectivity index (χ4n) is 3.60. The molecule has 2 aliphatic heterocycles. The predicted octanol–water partition coefficient (Wildman–Crippen LogP) is 1.02. The molecule has 1 saturated carbocycles. The van der Waals surface area contributed by atoms with Gasteiger partial charge in [0.15, 0.2) is 5.69 Å². The molecule has 4 rings (SSSR count). The number of carbonyl (C=O) groups is 1. The van der Waals surface area contributed by atoms with Gasteiger partial charge < -0.3 is 19.3 Å². The first-order valence-electron chi connectivity index (χ1n) is 8.95. The van der Waals surface area contributed by atoms with Crippen LogP contribution in [0.5, 0.6) is 0 Å². The van der Waals surface area contributed by atoms with Crippen molar-refractivity contribution >= 4 is 5.91 Å². The molecule has 0 radical (unpaired) electrons. The molecule has 132 valence electrons. The van der Waals surface area contributed by atoms with Crippen molar-refractivity contribution in [2.45, 2.75) is 31.2 Å². The molecule has 1 aromatic rings. The molecular formula is C17H25N3O4. The van der Waals surface area contributed by atoms with Crippen LogP contribution in [0.25, 0.3) is 0 Å². The molecule has 3 fully saturated rings. The second-order valence-electron chi connectivity index (χ2n) is 6.94. The molecule has 1 N–H and O–H groups in total. The second kappa shape index (κ2) is 7.21. The summed E-state index contributed by atoms with van der Waals surface area (Å²) in [4.78, 5) is 14.8. The average molecular weight is 335 g/mol. The van der Waals surface area contributed by atoms with Crippen molar-refractivity contribution in [1.82, 2.24) is 15.4 Å². The number of amides is 1. The minimum atomic E-state index is -0.150. The van der Waals surface area contributed by atoms with Gasteiger partial charge in [0.1, 0.15) is 5.76 Å². The van der Waals surface area contributed by atoms with E-state index < -0.39 is 0 Å². The second-order valence-corrected chi connectivity index (χ2v) is 6.94. The smallest absolute Gasteiger partial charge is 0.273 e. The molecule has 0 spiro atoms. The summed E-state index contributed by atoms with van der Waals surface area (Å²) in [5.74, 6) is 1.62. The van der Waals surface area contributed by atoms with Crippen LogP contribution in [-0.2, 0) is 9.47 Å². The first-order valence-corrected chi connectivity index (χ1v) is 8.95. The molecule has 3 aliphatic rings. The van der Waals surface area contributed by atoms with E-state index in [4.69, 9.17) is 14.0 Å². The van der Waals surface area contributed by atoms with Gasteiger partial charge in [-0.15, -0.1) is 0 Å². The van der Waals surface area contributed by atoms with Crippen molar-refractivity contribution in [1.29, 1.82) is 0 Å². The van der Waals surface area contributed by atoms with Gasteiger partial charge in [-0.05, 0) is 19.3 Å². The molecule has 1 aliphatic carbocycles. The highest BCUT2D eigenvalue weighted by Crippen LogP contribution is 2.40. The van der Waals surface area contributed by atoms with Gasteiger partial charge in [0.2, 0.25) is 0 Å². The minimum absolute atomic E-state index is 0.150. The molecule has 3 heterocycles. The van der Waals surface area contributed by atoms with E-state index in [0.717, 1.165) is 64.5 Å². The maximum atomic E-state index is 12.4. The van der Waals surface area contributed by atoms with Gasteiger partial charge in [-0.25, -0.2) is 0 Å². The van der Waals surface area contributed by atoms with E-state index in [1.54, 1.807) is 6.07 Å². The molecule has 7 heteroatoms. The van der Waals surface area contributed by atoms with Crippen molar-refractivity contribution < 1.29 is 18.8 Å². The Morgan fingerprint density at radius 2 is 2.08 bits per heavy atom. The monoisotopic (exact) mass is 335 g/mol. The molecule has 0 aromatic carbocycles. The Kier molecular flexibility index (Phi) is 4.82. The van der Waals surface area contributed by atoms with Gasteiger partial charge in [0.05, 0.1) is 19.8 Å². The third-order valence-electron chi connectivity index (χ3n) is 5.24. The van der Waals surface area contributed by atoms with Gasteiger partial charge >= 0.3 is 0 Å². The van der Waals surface area contributed by atoms with Crippen LogP contribution in [0.15, 0.2) is 10.6 Å². The van der Waals surface area contributed by atoms with Gasteiger partial charge in [-0.1, -0.05) is 5.16 Å². The Balaban J connectivity index is 1.36. The lowest BCUT2D eigenvalue weighted by molar-refractivity contribution is 0.00164. The lowest BCUT2D eigenvalue weighted by atomic mass is 9.97. The predicted molar refractivity (Wildman–Crippen MR) is 85.9 cm³/mol. The summed E-state index contributed by atoms with van der Waals surface area (Å²) in [5, 5.41) is 6.97. The number of rotatable bonds is 6. The summed E-state index contributed by atoms with van der Waals surface area (Å²) in [7, 11) is 0. The van der Waals surface area contributed by atoms with Crippen molar-refractivity contribution in [3.8, 4) is 0 Å². The topological polar surface area (TPSA) is 76.8 Å². The minimum Gasteiger partial charge on any atom is -0.381 e. The molecule has 1 amide bonds. The van der Waals surface area contributed by atoms with Gasteiger partial charge in [0.25, 0.3) is 5.91 Å². The zero-order valence-corrected chi connectivity index (χ0v) is 13.9. The number of nitrogens with zero attached hydrogens (tertiary/aromatic N) is 2. The summed E-state index contributed by atoms with van der Waals surface area (Å²) >= 11 is 0. The maximum Gasteiger partial charge on any atom is 0.273 e. The maximum absolute atomic E-state index is 12.4. The lowest BCUT2D eigenvalue weighted by Gasteiger charge is -2.37. The number of hydrogen-bond acceptors (Lipinski definition) is 6. The largest absolute Gasteiger partial charge is 0.381 e. The normalized spacial score (nSPS) is 26.4. The molecule has 2 saturated heterocycles. The highest BCUT2D eigenvalue weighted by atomic mass is 16.5. The highest BCUT2D eigenvalue weighted by molar-refractivity contribution is 5.92. The number of nitrogens with one attached hydrogen (secondary N) is 1. The summed E-state index contributed by atoms with van der Waals surface area (Å²) in [6, 6.07) is 2.07. The molecule has 1 aromatic heterocycles. The van der Waals surface area contributed by atoms with Crippen LogP contribution in [0.2, 0.25) is 0 Å².